The quantitative estimate of drug-likeness (QED) is 0.821. The summed E-state index contributed by atoms with van der Waals surface area (Å²) in [5, 5.41) is 0.686. The second-order valence-corrected chi connectivity index (χ2v) is 5.89. The Balaban J connectivity index is 2.24. The number of likely N-dealkylation sites (N-methyl/N-ethyl adjacent to an activating group) is 1. The van der Waals surface area contributed by atoms with Crippen molar-refractivity contribution in [1.82, 2.24) is 14.5 Å². The number of halogens is 1. The van der Waals surface area contributed by atoms with Crippen LogP contribution in [0.5, 0.6) is 5.75 Å². The van der Waals surface area contributed by atoms with E-state index in [1.807, 2.05) is 56.3 Å². The fourth-order valence-electron chi connectivity index (χ4n) is 2.26. The molecule has 1 heterocycles. The minimum atomic E-state index is 0.150. The summed E-state index contributed by atoms with van der Waals surface area (Å²) < 4.78 is 7.96. The van der Waals surface area contributed by atoms with E-state index in [4.69, 9.17) is 16.3 Å². The van der Waals surface area contributed by atoms with Gasteiger partial charge in [-0.1, -0.05) is 24.6 Å². The molecule has 1 unspecified atom stereocenters. The van der Waals surface area contributed by atoms with Gasteiger partial charge in [0.25, 0.3) is 0 Å². The number of aromatic nitrogens is 2. The van der Waals surface area contributed by atoms with Crippen molar-refractivity contribution < 1.29 is 4.74 Å². The lowest BCUT2D eigenvalue weighted by Gasteiger charge is -2.18. The molecule has 2 aromatic rings. The molecule has 0 N–H and O–H groups in total. The number of benzene rings is 1. The first-order valence-electron chi connectivity index (χ1n) is 7.03. The van der Waals surface area contributed by atoms with Crippen LogP contribution in [0.15, 0.2) is 30.6 Å². The lowest BCUT2D eigenvalue weighted by Crippen LogP contribution is -2.20. The van der Waals surface area contributed by atoms with Gasteiger partial charge >= 0.3 is 0 Å². The van der Waals surface area contributed by atoms with Crippen molar-refractivity contribution in [3.63, 3.8) is 0 Å². The van der Waals surface area contributed by atoms with Gasteiger partial charge in [0.05, 0.1) is 0 Å². The van der Waals surface area contributed by atoms with Gasteiger partial charge in [0.15, 0.2) is 0 Å². The Morgan fingerprint density at radius 1 is 1.38 bits per heavy atom. The summed E-state index contributed by atoms with van der Waals surface area (Å²) in [5.41, 5.74) is 1.10. The summed E-state index contributed by atoms with van der Waals surface area (Å²) >= 11 is 6.11. The number of aryl methyl sites for hydroxylation is 1. The molecule has 0 aliphatic heterocycles. The second-order valence-electron chi connectivity index (χ2n) is 5.45. The van der Waals surface area contributed by atoms with E-state index < -0.39 is 0 Å². The molecule has 0 saturated carbocycles. The van der Waals surface area contributed by atoms with Gasteiger partial charge in [0.1, 0.15) is 18.2 Å². The predicted octanol–water partition coefficient (Wildman–Crippen LogP) is 3.17. The standard InChI is InChI=1S/C16H22ClN3O/c1-12(16-18-7-8-20(16)4)14-6-5-13(17)11-15(14)21-10-9-19(2)3/h5-8,11-12H,9-10H2,1-4H3. The van der Waals surface area contributed by atoms with Crippen molar-refractivity contribution >= 4 is 11.6 Å². The number of imidazole rings is 1. The van der Waals surface area contributed by atoms with E-state index in [9.17, 15) is 0 Å². The zero-order valence-corrected chi connectivity index (χ0v) is 13.8. The minimum Gasteiger partial charge on any atom is -0.492 e. The highest BCUT2D eigenvalue weighted by molar-refractivity contribution is 6.30. The topological polar surface area (TPSA) is 30.3 Å². The maximum absolute atomic E-state index is 6.11. The fourth-order valence-corrected chi connectivity index (χ4v) is 2.42. The van der Waals surface area contributed by atoms with Crippen LogP contribution in [0.25, 0.3) is 0 Å². The molecule has 1 aromatic heterocycles. The van der Waals surface area contributed by atoms with Crippen molar-refractivity contribution in [2.45, 2.75) is 12.8 Å². The van der Waals surface area contributed by atoms with Crippen LogP contribution < -0.4 is 4.74 Å². The molecule has 0 saturated heterocycles. The summed E-state index contributed by atoms with van der Waals surface area (Å²) in [4.78, 5) is 6.52. The van der Waals surface area contributed by atoms with Crippen LogP contribution >= 0.6 is 11.6 Å². The highest BCUT2D eigenvalue weighted by Gasteiger charge is 2.17. The van der Waals surface area contributed by atoms with Crippen molar-refractivity contribution in [2.24, 2.45) is 7.05 Å². The molecule has 0 spiro atoms. The van der Waals surface area contributed by atoms with Crippen LogP contribution in [0.3, 0.4) is 0 Å². The van der Waals surface area contributed by atoms with Gasteiger partial charge in [-0.2, -0.15) is 0 Å². The largest absolute Gasteiger partial charge is 0.492 e. The molecule has 5 heteroatoms. The molecule has 0 radical (unpaired) electrons. The van der Waals surface area contributed by atoms with Gasteiger partial charge in [-0.05, 0) is 26.2 Å². The van der Waals surface area contributed by atoms with Crippen LogP contribution in [0.1, 0.15) is 24.2 Å². The number of hydrogen-bond acceptors (Lipinski definition) is 3. The summed E-state index contributed by atoms with van der Waals surface area (Å²) in [6, 6.07) is 5.80. The van der Waals surface area contributed by atoms with E-state index in [1.54, 1.807) is 0 Å². The highest BCUT2D eigenvalue weighted by Crippen LogP contribution is 2.32. The predicted molar refractivity (Wildman–Crippen MR) is 86.2 cm³/mol. The molecule has 1 atom stereocenters. The zero-order chi connectivity index (χ0) is 15.4. The first-order valence-corrected chi connectivity index (χ1v) is 7.41. The molecule has 0 fully saturated rings. The van der Waals surface area contributed by atoms with Crippen molar-refractivity contribution in [2.75, 3.05) is 27.2 Å². The summed E-state index contributed by atoms with van der Waals surface area (Å²) in [6.45, 7) is 3.63. The van der Waals surface area contributed by atoms with Crippen molar-refractivity contribution in [1.29, 1.82) is 0 Å². The second kappa shape index (κ2) is 6.96. The Kier molecular flexibility index (Phi) is 5.26. The van der Waals surface area contributed by atoms with Gasteiger partial charge in [-0.3, -0.25) is 0 Å². The van der Waals surface area contributed by atoms with E-state index in [-0.39, 0.29) is 5.92 Å². The summed E-state index contributed by atoms with van der Waals surface area (Å²) in [7, 11) is 6.05. The third-order valence-electron chi connectivity index (χ3n) is 3.48. The fraction of sp³-hybridized carbons (Fsp3) is 0.438. The van der Waals surface area contributed by atoms with E-state index in [1.165, 1.54) is 0 Å². The first-order chi connectivity index (χ1) is 9.99. The Bertz CT molecular complexity index is 595. The third kappa shape index (κ3) is 3.99. The average molecular weight is 308 g/mol. The Hall–Kier alpha value is -1.52. The molecule has 0 aliphatic carbocycles. The van der Waals surface area contributed by atoms with Crippen molar-refractivity contribution in [3.8, 4) is 5.75 Å². The molecular formula is C16H22ClN3O. The lowest BCUT2D eigenvalue weighted by molar-refractivity contribution is 0.259. The molecule has 114 valence electrons. The maximum Gasteiger partial charge on any atom is 0.124 e. The van der Waals surface area contributed by atoms with Crippen LogP contribution in [-0.4, -0.2) is 41.7 Å². The highest BCUT2D eigenvalue weighted by atomic mass is 35.5. The van der Waals surface area contributed by atoms with Gasteiger partial charge in [-0.25, -0.2) is 4.98 Å². The van der Waals surface area contributed by atoms with E-state index >= 15 is 0 Å². The Labute approximate surface area is 131 Å². The minimum absolute atomic E-state index is 0.150. The van der Waals surface area contributed by atoms with E-state index in [0.29, 0.717) is 11.6 Å². The molecule has 2 rings (SSSR count). The molecule has 0 aliphatic rings. The smallest absolute Gasteiger partial charge is 0.124 e. The van der Waals surface area contributed by atoms with Gasteiger partial charge in [0.2, 0.25) is 0 Å². The zero-order valence-electron chi connectivity index (χ0n) is 13.0. The molecule has 0 bridgehead atoms. The van der Waals surface area contributed by atoms with Crippen LogP contribution in [0, 0.1) is 0 Å². The van der Waals surface area contributed by atoms with E-state index in [2.05, 4.69) is 16.8 Å². The molecule has 0 amide bonds. The van der Waals surface area contributed by atoms with Gasteiger partial charge < -0.3 is 14.2 Å². The normalized spacial score (nSPS) is 12.7. The molecule has 21 heavy (non-hydrogen) atoms. The van der Waals surface area contributed by atoms with Crippen LogP contribution in [-0.2, 0) is 7.05 Å². The average Bonchev–Trinajstić information content (AvgIpc) is 2.84. The Morgan fingerprint density at radius 2 is 2.14 bits per heavy atom. The van der Waals surface area contributed by atoms with Crippen LogP contribution in [0.4, 0.5) is 0 Å². The summed E-state index contributed by atoms with van der Waals surface area (Å²) in [6.07, 6.45) is 3.77. The van der Waals surface area contributed by atoms with Gasteiger partial charge in [0, 0.05) is 42.5 Å². The number of ether oxygens (including phenoxy) is 1. The van der Waals surface area contributed by atoms with Crippen LogP contribution in [0.2, 0.25) is 5.02 Å². The summed E-state index contributed by atoms with van der Waals surface area (Å²) in [5.74, 6) is 1.99. The molecule has 1 aromatic carbocycles. The number of nitrogens with zero attached hydrogens (tertiary/aromatic N) is 3. The number of rotatable bonds is 6. The first kappa shape index (κ1) is 15.9. The lowest BCUT2D eigenvalue weighted by atomic mass is 9.99. The van der Waals surface area contributed by atoms with Gasteiger partial charge in [-0.15, -0.1) is 0 Å². The third-order valence-corrected chi connectivity index (χ3v) is 3.72. The SMILES string of the molecule is CC(c1ccc(Cl)cc1OCCN(C)C)c1nccn1C. The molecule has 4 nitrogen and oxygen atoms in total. The molecular weight excluding hydrogens is 286 g/mol. The maximum atomic E-state index is 6.11. The monoisotopic (exact) mass is 307 g/mol. The van der Waals surface area contributed by atoms with E-state index in [0.717, 1.165) is 23.7 Å². The van der Waals surface area contributed by atoms with Crippen molar-refractivity contribution in [3.05, 3.63) is 47.0 Å². The number of hydrogen-bond donors (Lipinski definition) is 0. The Morgan fingerprint density at radius 3 is 2.76 bits per heavy atom.